The van der Waals surface area contributed by atoms with Gasteiger partial charge < -0.3 is 4.98 Å². The Hall–Kier alpha value is -1.61. The van der Waals surface area contributed by atoms with Crippen molar-refractivity contribution in [3.8, 4) is 0 Å². The van der Waals surface area contributed by atoms with Crippen LogP contribution in [0.15, 0.2) is 24.5 Å². The molecule has 0 unspecified atom stereocenters. The zero-order chi connectivity index (χ0) is 10.4. The molecule has 0 fully saturated rings. The molecular formula is C11H8ClN3. The summed E-state index contributed by atoms with van der Waals surface area (Å²) in [6.07, 6.45) is 1.47. The summed E-state index contributed by atoms with van der Waals surface area (Å²) in [5.74, 6) is 0. The Bertz CT molecular complexity index is 657. The number of benzene rings is 1. The summed E-state index contributed by atoms with van der Waals surface area (Å²) in [4.78, 5) is 11.4. The summed E-state index contributed by atoms with van der Waals surface area (Å²) >= 11 is 6.05. The molecule has 1 aromatic carbocycles. The maximum Gasteiger partial charge on any atom is 0.143 e. The Balaban J connectivity index is 2.59. The minimum atomic E-state index is 0.495. The molecule has 1 N–H and O–H groups in total. The van der Waals surface area contributed by atoms with Gasteiger partial charge in [0, 0.05) is 10.9 Å². The van der Waals surface area contributed by atoms with Crippen LogP contribution in [0.2, 0.25) is 5.15 Å². The molecule has 0 aliphatic rings. The van der Waals surface area contributed by atoms with Crippen molar-refractivity contribution in [2.45, 2.75) is 6.92 Å². The lowest BCUT2D eigenvalue weighted by molar-refractivity contribution is 1.21. The fraction of sp³-hybridized carbons (Fsp3) is 0.0909. The first-order valence-corrected chi connectivity index (χ1v) is 5.02. The summed E-state index contributed by atoms with van der Waals surface area (Å²) in [6, 6.07) is 6.17. The van der Waals surface area contributed by atoms with E-state index in [2.05, 4.69) is 34.0 Å². The molecule has 15 heavy (non-hydrogen) atoms. The number of aryl methyl sites for hydroxylation is 1. The number of H-pyrrole nitrogens is 1. The van der Waals surface area contributed by atoms with E-state index in [1.807, 2.05) is 6.07 Å². The minimum Gasteiger partial charge on any atom is -0.339 e. The van der Waals surface area contributed by atoms with Crippen LogP contribution in [-0.4, -0.2) is 15.0 Å². The third kappa shape index (κ3) is 1.20. The van der Waals surface area contributed by atoms with Gasteiger partial charge in [0.2, 0.25) is 0 Å². The van der Waals surface area contributed by atoms with Crippen LogP contribution in [0.4, 0.5) is 0 Å². The predicted octanol–water partition coefficient (Wildman–Crippen LogP) is 3.07. The van der Waals surface area contributed by atoms with E-state index in [4.69, 9.17) is 11.6 Å². The molecular weight excluding hydrogens is 210 g/mol. The maximum atomic E-state index is 6.05. The summed E-state index contributed by atoms with van der Waals surface area (Å²) in [7, 11) is 0. The second-order valence-electron chi connectivity index (χ2n) is 3.56. The average molecular weight is 218 g/mol. The van der Waals surface area contributed by atoms with Crippen LogP contribution in [-0.2, 0) is 0 Å². The number of halogens is 1. The number of aromatic nitrogens is 3. The number of hydrogen-bond acceptors (Lipinski definition) is 2. The highest BCUT2D eigenvalue weighted by atomic mass is 35.5. The number of hydrogen-bond donors (Lipinski definition) is 1. The summed E-state index contributed by atoms with van der Waals surface area (Å²) in [5.41, 5.74) is 3.04. The van der Waals surface area contributed by atoms with E-state index in [-0.39, 0.29) is 0 Å². The molecule has 3 rings (SSSR count). The first-order valence-electron chi connectivity index (χ1n) is 4.64. The number of nitrogens with one attached hydrogen (secondary N) is 1. The number of rotatable bonds is 0. The van der Waals surface area contributed by atoms with Gasteiger partial charge in [-0.3, -0.25) is 0 Å². The van der Waals surface area contributed by atoms with Gasteiger partial charge in [0.15, 0.2) is 0 Å². The van der Waals surface area contributed by atoms with E-state index < -0.39 is 0 Å². The Morgan fingerprint density at radius 1 is 1.27 bits per heavy atom. The van der Waals surface area contributed by atoms with E-state index >= 15 is 0 Å². The molecule has 0 saturated heterocycles. The van der Waals surface area contributed by atoms with Crippen molar-refractivity contribution < 1.29 is 0 Å². The highest BCUT2D eigenvalue weighted by molar-refractivity contribution is 6.36. The molecule has 0 aliphatic carbocycles. The number of aromatic amines is 1. The van der Waals surface area contributed by atoms with Crippen molar-refractivity contribution in [3.05, 3.63) is 35.2 Å². The second kappa shape index (κ2) is 2.94. The molecule has 0 atom stereocenters. The van der Waals surface area contributed by atoms with Gasteiger partial charge in [-0.1, -0.05) is 23.7 Å². The topological polar surface area (TPSA) is 41.6 Å². The molecule has 0 bridgehead atoms. The lowest BCUT2D eigenvalue weighted by Gasteiger charge is -1.93. The van der Waals surface area contributed by atoms with Crippen LogP contribution in [0.5, 0.6) is 0 Å². The molecule has 0 amide bonds. The van der Waals surface area contributed by atoms with E-state index in [0.717, 1.165) is 21.9 Å². The summed E-state index contributed by atoms with van der Waals surface area (Å²) in [6.45, 7) is 2.05. The van der Waals surface area contributed by atoms with Gasteiger partial charge in [-0.2, -0.15) is 0 Å². The van der Waals surface area contributed by atoms with E-state index in [0.29, 0.717) is 5.15 Å². The van der Waals surface area contributed by atoms with Crippen molar-refractivity contribution in [2.75, 3.05) is 0 Å². The molecule has 2 heterocycles. The Labute approximate surface area is 91.1 Å². The lowest BCUT2D eigenvalue weighted by Crippen LogP contribution is -1.79. The van der Waals surface area contributed by atoms with Gasteiger partial charge >= 0.3 is 0 Å². The third-order valence-electron chi connectivity index (χ3n) is 2.50. The van der Waals surface area contributed by atoms with Crippen molar-refractivity contribution in [3.63, 3.8) is 0 Å². The summed E-state index contributed by atoms with van der Waals surface area (Å²) in [5, 5.41) is 2.46. The molecule has 2 aromatic heterocycles. The SMILES string of the molecule is Cc1ccc2c(c1)[nH]c1ncnc(Cl)c12. The van der Waals surface area contributed by atoms with Gasteiger partial charge in [0.25, 0.3) is 0 Å². The zero-order valence-electron chi connectivity index (χ0n) is 8.08. The molecule has 0 radical (unpaired) electrons. The quantitative estimate of drug-likeness (QED) is 0.588. The first-order chi connectivity index (χ1) is 7.25. The van der Waals surface area contributed by atoms with Crippen molar-refractivity contribution in [2.24, 2.45) is 0 Å². The standard InChI is InChI=1S/C11H8ClN3/c1-6-2-3-7-8(4-6)15-11-9(7)10(12)13-5-14-11/h2-5H,1H3,(H,13,14,15). The largest absolute Gasteiger partial charge is 0.339 e. The highest BCUT2D eigenvalue weighted by Gasteiger charge is 2.08. The zero-order valence-corrected chi connectivity index (χ0v) is 8.84. The first kappa shape index (κ1) is 8.68. The van der Waals surface area contributed by atoms with Gasteiger partial charge in [-0.15, -0.1) is 0 Å². The van der Waals surface area contributed by atoms with Crippen LogP contribution >= 0.6 is 11.6 Å². The van der Waals surface area contributed by atoms with Crippen LogP contribution in [0.1, 0.15) is 5.56 Å². The van der Waals surface area contributed by atoms with Crippen molar-refractivity contribution in [1.82, 2.24) is 15.0 Å². The molecule has 4 heteroatoms. The summed E-state index contributed by atoms with van der Waals surface area (Å²) < 4.78 is 0. The van der Waals surface area contributed by atoms with Crippen LogP contribution in [0.25, 0.3) is 21.9 Å². The number of nitrogens with zero attached hydrogens (tertiary/aromatic N) is 2. The molecule has 0 saturated carbocycles. The number of fused-ring (bicyclic) bond motifs is 3. The van der Waals surface area contributed by atoms with E-state index in [1.165, 1.54) is 11.9 Å². The Morgan fingerprint density at radius 3 is 3.00 bits per heavy atom. The normalized spacial score (nSPS) is 11.3. The highest BCUT2D eigenvalue weighted by Crippen LogP contribution is 2.28. The third-order valence-corrected chi connectivity index (χ3v) is 2.79. The van der Waals surface area contributed by atoms with Gasteiger partial charge in [0.1, 0.15) is 17.1 Å². The van der Waals surface area contributed by atoms with Crippen LogP contribution in [0, 0.1) is 6.92 Å². The van der Waals surface area contributed by atoms with Crippen molar-refractivity contribution in [1.29, 1.82) is 0 Å². The minimum absolute atomic E-state index is 0.495. The van der Waals surface area contributed by atoms with Crippen LogP contribution < -0.4 is 0 Å². The fourth-order valence-corrected chi connectivity index (χ4v) is 2.04. The maximum absolute atomic E-state index is 6.05. The van der Waals surface area contributed by atoms with E-state index in [9.17, 15) is 0 Å². The second-order valence-corrected chi connectivity index (χ2v) is 3.92. The molecule has 3 aromatic rings. The average Bonchev–Trinajstić information content (AvgIpc) is 2.56. The fourth-order valence-electron chi connectivity index (χ4n) is 1.80. The van der Waals surface area contributed by atoms with Gasteiger partial charge in [-0.25, -0.2) is 9.97 Å². The molecule has 3 nitrogen and oxygen atoms in total. The van der Waals surface area contributed by atoms with Crippen LogP contribution in [0.3, 0.4) is 0 Å². The Morgan fingerprint density at radius 2 is 2.13 bits per heavy atom. The van der Waals surface area contributed by atoms with Gasteiger partial charge in [-0.05, 0) is 18.6 Å². The monoisotopic (exact) mass is 217 g/mol. The molecule has 74 valence electrons. The van der Waals surface area contributed by atoms with Gasteiger partial charge in [0.05, 0.1) is 5.39 Å². The molecule has 0 aliphatic heterocycles. The van der Waals surface area contributed by atoms with Crippen molar-refractivity contribution >= 4 is 33.5 Å². The Kier molecular flexibility index (Phi) is 1.70. The predicted molar refractivity (Wildman–Crippen MR) is 61.1 cm³/mol. The smallest absolute Gasteiger partial charge is 0.143 e. The lowest BCUT2D eigenvalue weighted by atomic mass is 10.1. The molecule has 0 spiro atoms. The van der Waals surface area contributed by atoms with E-state index in [1.54, 1.807) is 0 Å².